The van der Waals surface area contributed by atoms with Crippen molar-refractivity contribution in [3.05, 3.63) is 97.1 Å². The van der Waals surface area contributed by atoms with Gasteiger partial charge in [-0.1, -0.05) is 84.9 Å². The molecule has 30 heavy (non-hydrogen) atoms. The van der Waals surface area contributed by atoms with E-state index in [0.29, 0.717) is 0 Å². The highest BCUT2D eigenvalue weighted by Gasteiger charge is 2.20. The van der Waals surface area contributed by atoms with Crippen LogP contribution in [0.25, 0.3) is 75.4 Å². The fourth-order valence-electron chi connectivity index (χ4n) is 5.96. The lowest BCUT2D eigenvalue weighted by molar-refractivity contribution is 1.82. The van der Waals surface area contributed by atoms with Gasteiger partial charge < -0.3 is 0 Å². The molecule has 0 spiro atoms. The molecule has 0 aliphatic heterocycles. The molecule has 0 heteroatoms. The molecule has 8 rings (SSSR count). The van der Waals surface area contributed by atoms with E-state index in [1.165, 1.54) is 75.4 Å². The summed E-state index contributed by atoms with van der Waals surface area (Å²) in [5.41, 5.74) is 0. The van der Waals surface area contributed by atoms with Gasteiger partial charge in [0.25, 0.3) is 0 Å². The van der Waals surface area contributed by atoms with Gasteiger partial charge in [0.05, 0.1) is 0 Å². The van der Waals surface area contributed by atoms with Gasteiger partial charge in [0, 0.05) is 0 Å². The lowest BCUT2D eigenvalue weighted by Crippen LogP contribution is -1.77. The minimum Gasteiger partial charge on any atom is -0.0616 e. The minimum absolute atomic E-state index is 1.32. The van der Waals surface area contributed by atoms with Crippen LogP contribution in [0.1, 0.15) is 0 Å². The second-order valence-corrected chi connectivity index (χ2v) is 8.50. The Hall–Kier alpha value is -3.90. The maximum Gasteiger partial charge on any atom is -0.000785 e. The summed E-state index contributed by atoms with van der Waals surface area (Å²) in [5.74, 6) is 0. The third-order valence-electron chi connectivity index (χ3n) is 7.10. The van der Waals surface area contributed by atoms with Crippen molar-refractivity contribution >= 4 is 75.4 Å². The van der Waals surface area contributed by atoms with Gasteiger partial charge >= 0.3 is 0 Å². The maximum atomic E-state index is 2.42. The van der Waals surface area contributed by atoms with E-state index in [0.717, 1.165) is 0 Å². The van der Waals surface area contributed by atoms with Gasteiger partial charge in [0.15, 0.2) is 0 Å². The second-order valence-electron chi connectivity index (χ2n) is 8.50. The van der Waals surface area contributed by atoms with Crippen LogP contribution in [0, 0.1) is 0 Å². The van der Waals surface area contributed by atoms with Gasteiger partial charge in [-0.25, -0.2) is 0 Å². The first-order valence-corrected chi connectivity index (χ1v) is 10.5. The van der Waals surface area contributed by atoms with Gasteiger partial charge in [0.1, 0.15) is 0 Å². The molecule has 0 aliphatic rings. The Kier molecular flexibility index (Phi) is 2.49. The molecule has 8 aromatic rings. The average Bonchev–Trinajstić information content (AvgIpc) is 3.30. The summed E-state index contributed by atoms with van der Waals surface area (Å²) in [6.07, 6.45) is 0. The zero-order chi connectivity index (χ0) is 19.4. The Bertz CT molecular complexity index is 1940. The Balaban J connectivity index is 1.82. The van der Waals surface area contributed by atoms with Gasteiger partial charge in [0.2, 0.25) is 0 Å². The summed E-state index contributed by atoms with van der Waals surface area (Å²) < 4.78 is 0. The van der Waals surface area contributed by atoms with Crippen LogP contribution >= 0.6 is 0 Å². The fourth-order valence-corrected chi connectivity index (χ4v) is 5.96. The first-order chi connectivity index (χ1) is 14.9. The molecule has 0 saturated carbocycles. The van der Waals surface area contributed by atoms with Crippen molar-refractivity contribution in [2.24, 2.45) is 0 Å². The van der Waals surface area contributed by atoms with Crippen LogP contribution in [0.2, 0.25) is 0 Å². The minimum atomic E-state index is 1.32. The van der Waals surface area contributed by atoms with Crippen molar-refractivity contribution in [1.29, 1.82) is 0 Å². The largest absolute Gasteiger partial charge is 0.0616 e. The van der Waals surface area contributed by atoms with Crippen molar-refractivity contribution in [3.8, 4) is 0 Å². The highest BCUT2D eigenvalue weighted by atomic mass is 14.2. The third kappa shape index (κ3) is 1.58. The zero-order valence-electron chi connectivity index (χ0n) is 16.2. The quantitative estimate of drug-likeness (QED) is 0.232. The Morgan fingerprint density at radius 1 is 0.267 bits per heavy atom. The van der Waals surface area contributed by atoms with Crippen LogP contribution in [0.5, 0.6) is 0 Å². The maximum absolute atomic E-state index is 2.42. The predicted octanol–water partition coefficient (Wildman–Crippen LogP) is 8.63. The van der Waals surface area contributed by atoms with Gasteiger partial charge in [-0.05, 0) is 87.5 Å². The van der Waals surface area contributed by atoms with E-state index in [1.54, 1.807) is 0 Å². The second kappa shape index (κ2) is 4.98. The van der Waals surface area contributed by atoms with Crippen molar-refractivity contribution in [3.63, 3.8) is 0 Å². The zero-order valence-corrected chi connectivity index (χ0v) is 16.2. The SMILES string of the molecule is c1ccc2c(c1)cc1c3cc4cccc5c6ccccc6c(c45)c3c3cccc2c13. The summed E-state index contributed by atoms with van der Waals surface area (Å²) >= 11 is 0. The molecular weight excluding hydrogens is 360 g/mol. The standard InChI is InChI=1S/C30H16/c1-2-9-19-17(7-1)15-25-26-16-18-8-5-12-22-20-10-3-4-11-23(20)30(27(18)22)29(26)24-14-6-13-21(19)28(24)25/h1-16H. The summed E-state index contributed by atoms with van der Waals surface area (Å²) in [6.45, 7) is 0. The number of hydrogen-bond acceptors (Lipinski definition) is 0. The molecule has 0 fully saturated rings. The molecule has 0 unspecified atom stereocenters. The molecular formula is C30H16. The first-order valence-electron chi connectivity index (χ1n) is 10.5. The smallest absolute Gasteiger partial charge is 0.000785 e. The highest BCUT2D eigenvalue weighted by molar-refractivity contribution is 6.46. The molecule has 136 valence electrons. The molecule has 0 aliphatic carbocycles. The van der Waals surface area contributed by atoms with Crippen molar-refractivity contribution < 1.29 is 0 Å². The molecule has 0 amide bonds. The van der Waals surface area contributed by atoms with E-state index in [4.69, 9.17) is 0 Å². The molecule has 0 radical (unpaired) electrons. The molecule has 0 bridgehead atoms. The van der Waals surface area contributed by atoms with E-state index in [9.17, 15) is 0 Å². The van der Waals surface area contributed by atoms with Crippen LogP contribution in [-0.4, -0.2) is 0 Å². The van der Waals surface area contributed by atoms with Crippen molar-refractivity contribution in [2.45, 2.75) is 0 Å². The average molecular weight is 376 g/mol. The molecule has 8 aromatic carbocycles. The van der Waals surface area contributed by atoms with Gasteiger partial charge in [-0.2, -0.15) is 0 Å². The van der Waals surface area contributed by atoms with E-state index in [1.807, 2.05) is 0 Å². The van der Waals surface area contributed by atoms with Crippen LogP contribution in [0.3, 0.4) is 0 Å². The van der Waals surface area contributed by atoms with Gasteiger partial charge in [-0.15, -0.1) is 0 Å². The molecule has 0 N–H and O–H groups in total. The summed E-state index contributed by atoms with van der Waals surface area (Å²) in [6, 6.07) is 36.1. The fraction of sp³-hybridized carbons (Fsp3) is 0. The molecule has 0 atom stereocenters. The van der Waals surface area contributed by atoms with E-state index in [2.05, 4.69) is 97.1 Å². The van der Waals surface area contributed by atoms with Crippen LogP contribution in [-0.2, 0) is 0 Å². The predicted molar refractivity (Wildman–Crippen MR) is 131 cm³/mol. The first kappa shape index (κ1) is 15.0. The Morgan fingerprint density at radius 2 is 0.800 bits per heavy atom. The van der Waals surface area contributed by atoms with E-state index in [-0.39, 0.29) is 0 Å². The molecule has 0 saturated heterocycles. The molecule has 0 heterocycles. The van der Waals surface area contributed by atoms with Crippen LogP contribution < -0.4 is 0 Å². The summed E-state index contributed by atoms with van der Waals surface area (Å²) in [5, 5.41) is 19.2. The van der Waals surface area contributed by atoms with Crippen LogP contribution in [0.4, 0.5) is 0 Å². The van der Waals surface area contributed by atoms with Crippen LogP contribution in [0.15, 0.2) is 97.1 Å². The van der Waals surface area contributed by atoms with E-state index >= 15 is 0 Å². The summed E-state index contributed by atoms with van der Waals surface area (Å²) in [7, 11) is 0. The summed E-state index contributed by atoms with van der Waals surface area (Å²) in [4.78, 5) is 0. The molecule has 0 aromatic heterocycles. The van der Waals surface area contributed by atoms with Gasteiger partial charge in [-0.3, -0.25) is 0 Å². The molecule has 0 nitrogen and oxygen atoms in total. The lowest BCUT2D eigenvalue weighted by atomic mass is 9.99. The number of rotatable bonds is 0. The highest BCUT2D eigenvalue weighted by Crippen LogP contribution is 2.49. The topological polar surface area (TPSA) is 0 Å². The Morgan fingerprint density at radius 3 is 1.70 bits per heavy atom. The van der Waals surface area contributed by atoms with Crippen molar-refractivity contribution in [2.75, 3.05) is 0 Å². The van der Waals surface area contributed by atoms with E-state index < -0.39 is 0 Å². The lowest BCUT2D eigenvalue weighted by Gasteiger charge is -2.05. The Labute approximate surface area is 172 Å². The monoisotopic (exact) mass is 376 g/mol. The van der Waals surface area contributed by atoms with Crippen molar-refractivity contribution in [1.82, 2.24) is 0 Å². The normalized spacial score (nSPS) is 12.7. The number of hydrogen-bond donors (Lipinski definition) is 0. The number of fused-ring (bicyclic) bond motifs is 9. The third-order valence-corrected chi connectivity index (χ3v) is 7.10. The number of benzene rings is 6.